The largest absolute Gasteiger partial charge is 0.283 e. The summed E-state index contributed by atoms with van der Waals surface area (Å²) in [4.78, 5) is 0. The Balaban J connectivity index is 2.12. The molecule has 2 aromatic carbocycles. The SMILES string of the molecule is CCc1ccc(NS(=O)(=O)Cc2ccc(Cl)c(Cl)c2)cc1. The fourth-order valence-corrected chi connectivity index (χ4v) is 3.38. The predicted octanol–water partition coefficient (Wildman–Crippen LogP) is 4.50. The Labute approximate surface area is 135 Å². The van der Waals surface area contributed by atoms with Gasteiger partial charge in [-0.25, -0.2) is 8.42 Å². The lowest BCUT2D eigenvalue weighted by molar-refractivity contribution is 0.600. The Morgan fingerprint density at radius 1 is 0.952 bits per heavy atom. The standard InChI is InChI=1S/C15H15Cl2NO2S/c1-2-11-3-6-13(7-4-11)18-21(19,20)10-12-5-8-14(16)15(17)9-12/h3-9,18H,2,10H2,1H3. The first-order valence-electron chi connectivity index (χ1n) is 6.43. The second-order valence-corrected chi connectivity index (χ2v) is 7.20. The van der Waals surface area contributed by atoms with Gasteiger partial charge in [0.05, 0.1) is 15.8 Å². The van der Waals surface area contributed by atoms with Gasteiger partial charge in [0.25, 0.3) is 0 Å². The van der Waals surface area contributed by atoms with Crippen LogP contribution < -0.4 is 4.72 Å². The van der Waals surface area contributed by atoms with Crippen LogP contribution in [0.1, 0.15) is 18.1 Å². The van der Waals surface area contributed by atoms with Crippen LogP contribution in [0.15, 0.2) is 42.5 Å². The molecular weight excluding hydrogens is 329 g/mol. The summed E-state index contributed by atoms with van der Waals surface area (Å²) in [6, 6.07) is 12.1. The average Bonchev–Trinajstić information content (AvgIpc) is 2.43. The van der Waals surface area contributed by atoms with Crippen molar-refractivity contribution in [2.24, 2.45) is 0 Å². The summed E-state index contributed by atoms with van der Waals surface area (Å²) in [5.74, 6) is -0.153. The van der Waals surface area contributed by atoms with Crippen LogP contribution in [0.2, 0.25) is 10.0 Å². The van der Waals surface area contributed by atoms with Crippen molar-refractivity contribution in [2.45, 2.75) is 19.1 Å². The molecule has 0 heterocycles. The Kier molecular flexibility index (Phi) is 5.14. The molecular formula is C15H15Cl2NO2S. The number of anilines is 1. The minimum Gasteiger partial charge on any atom is -0.283 e. The molecule has 0 saturated carbocycles. The maximum Gasteiger partial charge on any atom is 0.236 e. The molecule has 0 aromatic heterocycles. The second-order valence-electron chi connectivity index (χ2n) is 4.66. The van der Waals surface area contributed by atoms with E-state index in [1.165, 1.54) is 0 Å². The zero-order chi connectivity index (χ0) is 15.5. The molecule has 0 amide bonds. The fraction of sp³-hybridized carbons (Fsp3) is 0.200. The van der Waals surface area contributed by atoms with E-state index in [2.05, 4.69) is 4.72 Å². The summed E-state index contributed by atoms with van der Waals surface area (Å²) in [6.45, 7) is 2.05. The van der Waals surface area contributed by atoms with Crippen molar-refractivity contribution >= 4 is 38.9 Å². The molecule has 0 radical (unpaired) electrons. The molecule has 0 spiro atoms. The summed E-state index contributed by atoms with van der Waals surface area (Å²) in [5.41, 5.74) is 2.29. The van der Waals surface area contributed by atoms with Crippen LogP contribution in [-0.2, 0) is 22.2 Å². The van der Waals surface area contributed by atoms with E-state index in [9.17, 15) is 8.42 Å². The average molecular weight is 344 g/mol. The second kappa shape index (κ2) is 6.69. The van der Waals surface area contributed by atoms with Gasteiger partial charge in [-0.1, -0.05) is 48.3 Å². The summed E-state index contributed by atoms with van der Waals surface area (Å²) < 4.78 is 26.8. The lowest BCUT2D eigenvalue weighted by atomic mass is 10.2. The molecule has 0 atom stereocenters. The number of benzene rings is 2. The summed E-state index contributed by atoms with van der Waals surface area (Å²) in [5, 5.41) is 0.748. The molecule has 2 aromatic rings. The number of rotatable bonds is 5. The molecule has 3 nitrogen and oxygen atoms in total. The van der Waals surface area contributed by atoms with Crippen molar-refractivity contribution in [2.75, 3.05) is 4.72 Å². The fourth-order valence-electron chi connectivity index (χ4n) is 1.87. The van der Waals surface area contributed by atoms with Crippen LogP contribution in [0, 0.1) is 0 Å². The quantitative estimate of drug-likeness (QED) is 0.868. The van der Waals surface area contributed by atoms with Crippen LogP contribution in [0.25, 0.3) is 0 Å². The van der Waals surface area contributed by atoms with Crippen molar-refractivity contribution in [3.63, 3.8) is 0 Å². The Morgan fingerprint density at radius 2 is 1.57 bits per heavy atom. The van der Waals surface area contributed by atoms with Crippen molar-refractivity contribution in [3.05, 3.63) is 63.6 Å². The smallest absolute Gasteiger partial charge is 0.236 e. The van der Waals surface area contributed by atoms with Crippen LogP contribution in [0.4, 0.5) is 5.69 Å². The monoisotopic (exact) mass is 343 g/mol. The molecule has 0 aliphatic rings. The van der Waals surface area contributed by atoms with Gasteiger partial charge >= 0.3 is 0 Å². The highest BCUT2D eigenvalue weighted by Crippen LogP contribution is 2.24. The van der Waals surface area contributed by atoms with Gasteiger partial charge in [-0.3, -0.25) is 4.72 Å². The summed E-state index contributed by atoms with van der Waals surface area (Å²) >= 11 is 11.7. The molecule has 0 saturated heterocycles. The number of aryl methyl sites for hydroxylation is 1. The Morgan fingerprint density at radius 3 is 2.14 bits per heavy atom. The van der Waals surface area contributed by atoms with E-state index in [-0.39, 0.29) is 5.75 Å². The van der Waals surface area contributed by atoms with Gasteiger partial charge in [-0.2, -0.15) is 0 Å². The van der Waals surface area contributed by atoms with Gasteiger partial charge in [0, 0.05) is 5.69 Å². The highest BCUT2D eigenvalue weighted by Gasteiger charge is 2.12. The molecule has 1 N–H and O–H groups in total. The van der Waals surface area contributed by atoms with Crippen LogP contribution in [-0.4, -0.2) is 8.42 Å². The summed E-state index contributed by atoms with van der Waals surface area (Å²) in [7, 11) is -3.49. The van der Waals surface area contributed by atoms with E-state index in [4.69, 9.17) is 23.2 Å². The van der Waals surface area contributed by atoms with Crippen molar-refractivity contribution in [3.8, 4) is 0 Å². The molecule has 112 valence electrons. The number of sulfonamides is 1. The third-order valence-electron chi connectivity index (χ3n) is 2.98. The molecule has 0 aliphatic carbocycles. The minimum absolute atomic E-state index is 0.153. The van der Waals surface area contributed by atoms with E-state index in [1.807, 2.05) is 19.1 Å². The maximum atomic E-state index is 12.1. The first kappa shape index (κ1) is 16.1. The topological polar surface area (TPSA) is 46.2 Å². The van der Waals surface area contributed by atoms with E-state index >= 15 is 0 Å². The zero-order valence-electron chi connectivity index (χ0n) is 11.4. The van der Waals surface area contributed by atoms with Crippen LogP contribution in [0.3, 0.4) is 0 Å². The third-order valence-corrected chi connectivity index (χ3v) is 4.98. The molecule has 0 unspecified atom stereocenters. The van der Waals surface area contributed by atoms with Gasteiger partial charge < -0.3 is 0 Å². The van der Waals surface area contributed by atoms with Crippen molar-refractivity contribution in [1.29, 1.82) is 0 Å². The zero-order valence-corrected chi connectivity index (χ0v) is 13.8. The molecule has 0 aliphatic heterocycles. The number of halogens is 2. The normalized spacial score (nSPS) is 11.4. The van der Waals surface area contributed by atoms with Gasteiger partial charge in [0.1, 0.15) is 0 Å². The van der Waals surface area contributed by atoms with E-state index < -0.39 is 10.0 Å². The van der Waals surface area contributed by atoms with Crippen LogP contribution >= 0.6 is 23.2 Å². The highest BCUT2D eigenvalue weighted by atomic mass is 35.5. The Bertz CT molecular complexity index is 728. The third kappa shape index (κ3) is 4.63. The number of hydrogen-bond acceptors (Lipinski definition) is 2. The van der Waals surface area contributed by atoms with Crippen LogP contribution in [0.5, 0.6) is 0 Å². The maximum absolute atomic E-state index is 12.1. The first-order chi connectivity index (χ1) is 9.89. The molecule has 6 heteroatoms. The number of nitrogens with one attached hydrogen (secondary N) is 1. The predicted molar refractivity (Wildman–Crippen MR) is 88.5 cm³/mol. The number of hydrogen-bond donors (Lipinski definition) is 1. The molecule has 21 heavy (non-hydrogen) atoms. The molecule has 2 rings (SSSR count). The van der Waals surface area contributed by atoms with E-state index in [1.54, 1.807) is 30.3 Å². The van der Waals surface area contributed by atoms with E-state index in [0.717, 1.165) is 12.0 Å². The molecule has 0 bridgehead atoms. The molecule has 0 fully saturated rings. The van der Waals surface area contributed by atoms with E-state index in [0.29, 0.717) is 21.3 Å². The lowest BCUT2D eigenvalue weighted by Crippen LogP contribution is -2.15. The van der Waals surface area contributed by atoms with Gasteiger partial charge in [-0.05, 0) is 41.8 Å². The first-order valence-corrected chi connectivity index (χ1v) is 8.84. The lowest BCUT2D eigenvalue weighted by Gasteiger charge is -2.09. The van der Waals surface area contributed by atoms with Crippen molar-refractivity contribution < 1.29 is 8.42 Å². The van der Waals surface area contributed by atoms with Crippen molar-refractivity contribution in [1.82, 2.24) is 0 Å². The van der Waals surface area contributed by atoms with Gasteiger partial charge in [0.15, 0.2) is 0 Å². The summed E-state index contributed by atoms with van der Waals surface area (Å²) in [6.07, 6.45) is 0.913. The van der Waals surface area contributed by atoms with Gasteiger partial charge in [-0.15, -0.1) is 0 Å². The van der Waals surface area contributed by atoms with Gasteiger partial charge in [0.2, 0.25) is 10.0 Å². The Hall–Kier alpha value is -1.23. The highest BCUT2D eigenvalue weighted by molar-refractivity contribution is 7.91. The minimum atomic E-state index is -3.49.